The van der Waals surface area contributed by atoms with Gasteiger partial charge in [-0.15, -0.1) is 0 Å². The van der Waals surface area contributed by atoms with E-state index in [4.69, 9.17) is 4.42 Å². The van der Waals surface area contributed by atoms with Crippen LogP contribution in [0.25, 0.3) is 0 Å². The zero-order chi connectivity index (χ0) is 10.7. The Bertz CT molecular complexity index is 363. The lowest BCUT2D eigenvalue weighted by atomic mass is 9.99. The molecule has 0 saturated heterocycles. The van der Waals surface area contributed by atoms with Crippen molar-refractivity contribution in [3.8, 4) is 0 Å². The van der Waals surface area contributed by atoms with E-state index in [0.29, 0.717) is 11.5 Å². The molecule has 2 nitrogen and oxygen atoms in total. The predicted octanol–water partition coefficient (Wildman–Crippen LogP) is 3.16. The zero-order valence-corrected chi connectivity index (χ0v) is 9.39. The Morgan fingerprint density at radius 3 is 2.57 bits per heavy atom. The van der Waals surface area contributed by atoms with Gasteiger partial charge >= 0.3 is 5.63 Å². The molecule has 14 heavy (non-hydrogen) atoms. The Hall–Kier alpha value is -1.05. The van der Waals surface area contributed by atoms with Gasteiger partial charge in [-0.2, -0.15) is 0 Å². The summed E-state index contributed by atoms with van der Waals surface area (Å²) in [5, 5.41) is 0. The average molecular weight is 194 g/mol. The van der Waals surface area contributed by atoms with E-state index in [-0.39, 0.29) is 5.63 Å². The lowest BCUT2D eigenvalue weighted by molar-refractivity contribution is 0.412. The fourth-order valence-corrected chi connectivity index (χ4v) is 1.77. The van der Waals surface area contributed by atoms with Crippen LogP contribution in [0.1, 0.15) is 49.5 Å². The van der Waals surface area contributed by atoms with Crippen molar-refractivity contribution in [3.05, 3.63) is 33.4 Å². The Morgan fingerprint density at radius 1 is 1.36 bits per heavy atom. The number of aryl methyl sites for hydroxylation is 2. The van der Waals surface area contributed by atoms with Crippen molar-refractivity contribution in [2.24, 2.45) is 0 Å². The molecule has 0 N–H and O–H groups in total. The molecule has 1 unspecified atom stereocenters. The van der Waals surface area contributed by atoms with Gasteiger partial charge in [0.05, 0.1) is 0 Å². The molecule has 1 heterocycles. The first-order valence-corrected chi connectivity index (χ1v) is 5.17. The smallest absolute Gasteiger partial charge is 0.338 e. The fraction of sp³-hybridized carbons (Fsp3) is 0.583. The Balaban J connectivity index is 3.09. The van der Waals surface area contributed by atoms with E-state index in [1.807, 2.05) is 13.0 Å². The summed E-state index contributed by atoms with van der Waals surface area (Å²) in [6, 6.07) is 1.91. The van der Waals surface area contributed by atoms with Gasteiger partial charge in [-0.25, -0.2) is 4.79 Å². The maximum absolute atomic E-state index is 11.3. The third kappa shape index (κ3) is 2.25. The molecule has 0 saturated carbocycles. The van der Waals surface area contributed by atoms with Crippen LogP contribution in [0.3, 0.4) is 0 Å². The summed E-state index contributed by atoms with van der Waals surface area (Å²) in [7, 11) is 0. The maximum atomic E-state index is 11.3. The summed E-state index contributed by atoms with van der Waals surface area (Å²) in [5.41, 5.74) is 1.58. The van der Waals surface area contributed by atoms with Gasteiger partial charge < -0.3 is 4.42 Å². The van der Waals surface area contributed by atoms with Gasteiger partial charge in [0, 0.05) is 11.5 Å². The molecule has 78 valence electrons. The summed E-state index contributed by atoms with van der Waals surface area (Å²) in [6.45, 7) is 8.02. The van der Waals surface area contributed by atoms with Crippen molar-refractivity contribution in [2.45, 2.75) is 46.5 Å². The minimum absolute atomic E-state index is 0.200. The van der Waals surface area contributed by atoms with Gasteiger partial charge in [0.25, 0.3) is 0 Å². The van der Waals surface area contributed by atoms with Crippen molar-refractivity contribution < 1.29 is 4.42 Å². The standard InChI is InChI=1S/C12H18O2/c1-5-6-8(2)11-9(3)7-10(4)12(13)14-11/h7-8H,5-6H2,1-4H3. The van der Waals surface area contributed by atoms with Crippen LogP contribution in [-0.4, -0.2) is 0 Å². The monoisotopic (exact) mass is 194 g/mol. The van der Waals surface area contributed by atoms with Crippen LogP contribution in [0.15, 0.2) is 15.3 Å². The van der Waals surface area contributed by atoms with Gasteiger partial charge in [-0.3, -0.25) is 0 Å². The quantitative estimate of drug-likeness (QED) is 0.739. The second-order valence-corrected chi connectivity index (χ2v) is 3.95. The minimum Gasteiger partial charge on any atom is -0.427 e. The van der Waals surface area contributed by atoms with Gasteiger partial charge in [0.1, 0.15) is 5.76 Å². The summed E-state index contributed by atoms with van der Waals surface area (Å²) in [6.07, 6.45) is 2.17. The molecular weight excluding hydrogens is 176 g/mol. The molecule has 0 aromatic carbocycles. The van der Waals surface area contributed by atoms with Crippen LogP contribution < -0.4 is 5.63 Å². The SMILES string of the molecule is CCCC(C)c1oc(=O)c(C)cc1C. The molecule has 0 fully saturated rings. The van der Waals surface area contributed by atoms with Crippen LogP contribution in [0.4, 0.5) is 0 Å². The Kier molecular flexibility index (Phi) is 3.50. The molecule has 0 amide bonds. The largest absolute Gasteiger partial charge is 0.427 e. The molecule has 1 rings (SSSR count). The highest BCUT2D eigenvalue weighted by molar-refractivity contribution is 5.22. The highest BCUT2D eigenvalue weighted by Crippen LogP contribution is 2.22. The minimum atomic E-state index is -0.200. The molecule has 0 bridgehead atoms. The first kappa shape index (κ1) is 11.0. The molecule has 1 aromatic heterocycles. The van der Waals surface area contributed by atoms with Crippen LogP contribution in [0, 0.1) is 13.8 Å². The summed E-state index contributed by atoms with van der Waals surface area (Å²) >= 11 is 0. The second kappa shape index (κ2) is 4.45. The lowest BCUT2D eigenvalue weighted by Crippen LogP contribution is -2.08. The third-order valence-electron chi connectivity index (χ3n) is 2.52. The molecular formula is C12H18O2. The fourth-order valence-electron chi connectivity index (χ4n) is 1.77. The second-order valence-electron chi connectivity index (χ2n) is 3.95. The van der Waals surface area contributed by atoms with Crippen LogP contribution in [0.5, 0.6) is 0 Å². The topological polar surface area (TPSA) is 30.2 Å². The number of hydrogen-bond acceptors (Lipinski definition) is 2. The molecule has 0 spiro atoms. The molecule has 1 atom stereocenters. The highest BCUT2D eigenvalue weighted by Gasteiger charge is 2.12. The van der Waals surface area contributed by atoms with Gasteiger partial charge in [-0.05, 0) is 31.9 Å². The van der Waals surface area contributed by atoms with Crippen molar-refractivity contribution in [1.29, 1.82) is 0 Å². The van der Waals surface area contributed by atoms with Crippen LogP contribution in [-0.2, 0) is 0 Å². The molecule has 0 aliphatic rings. The number of rotatable bonds is 3. The van der Waals surface area contributed by atoms with Crippen LogP contribution in [0.2, 0.25) is 0 Å². The first-order valence-electron chi connectivity index (χ1n) is 5.17. The van der Waals surface area contributed by atoms with Crippen molar-refractivity contribution in [3.63, 3.8) is 0 Å². The zero-order valence-electron chi connectivity index (χ0n) is 9.39. The van der Waals surface area contributed by atoms with Gasteiger partial charge in [0.2, 0.25) is 0 Å². The molecule has 2 heteroatoms. The predicted molar refractivity (Wildman–Crippen MR) is 57.8 cm³/mol. The van der Waals surface area contributed by atoms with E-state index in [0.717, 1.165) is 24.2 Å². The summed E-state index contributed by atoms with van der Waals surface area (Å²) < 4.78 is 5.30. The van der Waals surface area contributed by atoms with E-state index in [2.05, 4.69) is 13.8 Å². The molecule has 0 aliphatic heterocycles. The lowest BCUT2D eigenvalue weighted by Gasteiger charge is -2.11. The third-order valence-corrected chi connectivity index (χ3v) is 2.52. The Morgan fingerprint density at radius 2 is 2.00 bits per heavy atom. The van der Waals surface area contributed by atoms with E-state index >= 15 is 0 Å². The van der Waals surface area contributed by atoms with Crippen LogP contribution >= 0.6 is 0 Å². The van der Waals surface area contributed by atoms with E-state index < -0.39 is 0 Å². The normalized spacial score (nSPS) is 12.9. The van der Waals surface area contributed by atoms with Crippen molar-refractivity contribution in [1.82, 2.24) is 0 Å². The highest BCUT2D eigenvalue weighted by atomic mass is 16.4. The van der Waals surface area contributed by atoms with Gasteiger partial charge in [-0.1, -0.05) is 20.3 Å². The van der Waals surface area contributed by atoms with E-state index in [1.54, 1.807) is 6.92 Å². The van der Waals surface area contributed by atoms with Crippen molar-refractivity contribution >= 4 is 0 Å². The summed E-state index contributed by atoms with van der Waals surface area (Å²) in [5.74, 6) is 1.19. The average Bonchev–Trinajstić information content (AvgIpc) is 2.11. The molecule has 0 aliphatic carbocycles. The maximum Gasteiger partial charge on any atom is 0.338 e. The molecule has 0 radical (unpaired) electrons. The Labute approximate surface area is 85.0 Å². The molecule has 1 aromatic rings. The summed E-state index contributed by atoms with van der Waals surface area (Å²) in [4.78, 5) is 11.3. The number of hydrogen-bond donors (Lipinski definition) is 0. The van der Waals surface area contributed by atoms with E-state index in [9.17, 15) is 4.79 Å². The van der Waals surface area contributed by atoms with Crippen molar-refractivity contribution in [2.75, 3.05) is 0 Å². The van der Waals surface area contributed by atoms with E-state index in [1.165, 1.54) is 0 Å². The first-order chi connectivity index (χ1) is 6.56. The van der Waals surface area contributed by atoms with Gasteiger partial charge in [0.15, 0.2) is 0 Å².